The van der Waals surface area contributed by atoms with Crippen molar-refractivity contribution in [3.63, 3.8) is 0 Å². The van der Waals surface area contributed by atoms with Gasteiger partial charge in [-0.15, -0.1) is 10.2 Å². The molecule has 0 aliphatic carbocycles. The first-order valence-electron chi connectivity index (χ1n) is 2.58. The first kappa shape index (κ1) is 6.18. The minimum Gasteiger partial charge on any atom is -0.423 e. The monoisotopic (exact) mass is 128 g/mol. The van der Waals surface area contributed by atoms with E-state index < -0.39 is 0 Å². The first-order chi connectivity index (χ1) is 4.36. The van der Waals surface area contributed by atoms with Crippen LogP contribution in [0.5, 0.6) is 0 Å². The lowest BCUT2D eigenvalue weighted by molar-refractivity contribution is 0.453. The average Bonchev–Trinajstić information content (AvgIpc) is 2.34. The third-order valence-electron chi connectivity index (χ3n) is 0.858. The predicted octanol–water partition coefficient (Wildman–Crippen LogP) is -1.01. The van der Waals surface area contributed by atoms with Gasteiger partial charge < -0.3 is 15.9 Å². The number of nitrogens with two attached hydrogens (primary N) is 2. The van der Waals surface area contributed by atoms with Gasteiger partial charge in [-0.25, -0.2) is 0 Å². The summed E-state index contributed by atoms with van der Waals surface area (Å²) in [6, 6.07) is 0. The first-order valence-corrected chi connectivity index (χ1v) is 2.58. The van der Waals surface area contributed by atoms with Crippen LogP contribution < -0.4 is 11.5 Å². The van der Waals surface area contributed by atoms with Crippen LogP contribution in [0.2, 0.25) is 0 Å². The Balaban J connectivity index is 2.74. The lowest BCUT2D eigenvalue weighted by Crippen LogP contribution is -1.96. The van der Waals surface area contributed by atoms with Gasteiger partial charge in [0.15, 0.2) is 0 Å². The molecule has 0 amide bonds. The summed E-state index contributed by atoms with van der Waals surface area (Å²) in [5.41, 5.74) is 10.4. The molecule has 0 fully saturated rings. The molecule has 0 atom stereocenters. The lowest BCUT2D eigenvalue weighted by atomic mass is 10.7. The highest BCUT2D eigenvalue weighted by Gasteiger charge is 1.99. The van der Waals surface area contributed by atoms with Crippen LogP contribution >= 0.6 is 0 Å². The van der Waals surface area contributed by atoms with Crippen LogP contribution in [0.15, 0.2) is 4.42 Å². The average molecular weight is 128 g/mol. The van der Waals surface area contributed by atoms with Crippen LogP contribution in [-0.4, -0.2) is 10.2 Å². The summed E-state index contributed by atoms with van der Waals surface area (Å²) >= 11 is 0. The molecule has 0 aromatic carbocycles. The molecule has 0 bridgehead atoms. The van der Waals surface area contributed by atoms with Crippen LogP contribution in [0.4, 0.5) is 0 Å². The lowest BCUT2D eigenvalue weighted by Gasteiger charge is -1.81. The fourth-order valence-corrected chi connectivity index (χ4v) is 0.453. The molecule has 1 heterocycles. The molecule has 0 radical (unpaired) electrons. The molecular formula is C4H8N4O. The van der Waals surface area contributed by atoms with Crippen LogP contribution in [0, 0.1) is 0 Å². The number of nitrogens with zero attached hydrogens (tertiary/aromatic N) is 2. The largest absolute Gasteiger partial charge is 0.423 e. The van der Waals surface area contributed by atoms with Crippen LogP contribution in [-0.2, 0) is 13.1 Å². The van der Waals surface area contributed by atoms with Gasteiger partial charge in [-0.05, 0) is 0 Å². The standard InChI is InChI=1S/C4H8N4O/c5-1-3-7-8-4(2-6)9-3/h1-2,5-6H2. The topological polar surface area (TPSA) is 91.0 Å². The zero-order valence-electron chi connectivity index (χ0n) is 4.87. The molecule has 4 N–H and O–H groups in total. The van der Waals surface area contributed by atoms with Gasteiger partial charge in [0.2, 0.25) is 11.8 Å². The summed E-state index contributed by atoms with van der Waals surface area (Å²) in [6.45, 7) is 0.542. The molecule has 0 saturated heterocycles. The van der Waals surface area contributed by atoms with Gasteiger partial charge in [-0.2, -0.15) is 0 Å². The summed E-state index contributed by atoms with van der Waals surface area (Å²) in [4.78, 5) is 0. The van der Waals surface area contributed by atoms with Crippen LogP contribution in [0.3, 0.4) is 0 Å². The van der Waals surface area contributed by atoms with E-state index in [1.807, 2.05) is 0 Å². The fraction of sp³-hybridized carbons (Fsp3) is 0.500. The Bertz CT molecular complexity index is 166. The highest BCUT2D eigenvalue weighted by molar-refractivity contribution is 4.78. The molecule has 0 unspecified atom stereocenters. The maximum Gasteiger partial charge on any atom is 0.230 e. The molecule has 0 saturated carbocycles. The summed E-state index contributed by atoms with van der Waals surface area (Å²) in [5, 5.41) is 7.17. The maximum atomic E-state index is 5.18. The van der Waals surface area contributed by atoms with Crippen molar-refractivity contribution in [2.24, 2.45) is 11.5 Å². The molecule has 1 aromatic heterocycles. The minimum absolute atomic E-state index is 0.271. The zero-order chi connectivity index (χ0) is 6.69. The van der Waals surface area contributed by atoms with Crippen molar-refractivity contribution in [1.82, 2.24) is 10.2 Å². The molecule has 9 heavy (non-hydrogen) atoms. The van der Waals surface area contributed by atoms with E-state index in [9.17, 15) is 0 Å². The highest BCUT2D eigenvalue weighted by Crippen LogP contribution is 1.95. The summed E-state index contributed by atoms with van der Waals surface area (Å²) < 4.78 is 4.91. The summed E-state index contributed by atoms with van der Waals surface area (Å²) in [7, 11) is 0. The van der Waals surface area contributed by atoms with E-state index in [-0.39, 0.29) is 13.1 Å². The third kappa shape index (κ3) is 1.24. The van der Waals surface area contributed by atoms with E-state index in [1.165, 1.54) is 0 Å². The Morgan fingerprint density at radius 1 is 1.11 bits per heavy atom. The minimum atomic E-state index is 0.271. The van der Waals surface area contributed by atoms with Gasteiger partial charge in [-0.3, -0.25) is 0 Å². The second kappa shape index (κ2) is 2.56. The van der Waals surface area contributed by atoms with Crippen molar-refractivity contribution in [2.45, 2.75) is 13.1 Å². The smallest absolute Gasteiger partial charge is 0.230 e. The number of rotatable bonds is 2. The van der Waals surface area contributed by atoms with Gasteiger partial charge >= 0.3 is 0 Å². The van der Waals surface area contributed by atoms with Gasteiger partial charge in [-0.1, -0.05) is 0 Å². The Hall–Kier alpha value is -0.940. The van der Waals surface area contributed by atoms with E-state index in [2.05, 4.69) is 10.2 Å². The number of hydrogen-bond acceptors (Lipinski definition) is 5. The number of hydrogen-bond donors (Lipinski definition) is 2. The van der Waals surface area contributed by atoms with Crippen LogP contribution in [0.25, 0.3) is 0 Å². The van der Waals surface area contributed by atoms with E-state index >= 15 is 0 Å². The van der Waals surface area contributed by atoms with E-state index in [0.717, 1.165) is 0 Å². The fourth-order valence-electron chi connectivity index (χ4n) is 0.453. The summed E-state index contributed by atoms with van der Waals surface area (Å²) in [5.74, 6) is 0.853. The molecule has 0 spiro atoms. The number of aromatic nitrogens is 2. The quantitative estimate of drug-likeness (QED) is 0.532. The predicted molar refractivity (Wildman–Crippen MR) is 30.1 cm³/mol. The second-order valence-corrected chi connectivity index (χ2v) is 1.50. The third-order valence-corrected chi connectivity index (χ3v) is 0.858. The van der Waals surface area contributed by atoms with Crippen molar-refractivity contribution < 1.29 is 4.42 Å². The van der Waals surface area contributed by atoms with Gasteiger partial charge in [0.25, 0.3) is 0 Å². The molecule has 1 aromatic rings. The van der Waals surface area contributed by atoms with E-state index in [4.69, 9.17) is 15.9 Å². The van der Waals surface area contributed by atoms with Crippen molar-refractivity contribution in [1.29, 1.82) is 0 Å². The molecular weight excluding hydrogens is 120 g/mol. The van der Waals surface area contributed by atoms with E-state index in [1.54, 1.807) is 0 Å². The Labute approximate surface area is 52.0 Å². The van der Waals surface area contributed by atoms with Crippen molar-refractivity contribution in [3.8, 4) is 0 Å². The molecule has 5 nitrogen and oxygen atoms in total. The van der Waals surface area contributed by atoms with Crippen molar-refractivity contribution >= 4 is 0 Å². The van der Waals surface area contributed by atoms with Gasteiger partial charge in [0.1, 0.15) is 0 Å². The molecule has 0 aliphatic rings. The highest BCUT2D eigenvalue weighted by atomic mass is 16.4. The molecule has 50 valence electrons. The zero-order valence-corrected chi connectivity index (χ0v) is 4.87. The van der Waals surface area contributed by atoms with Crippen LogP contribution in [0.1, 0.15) is 11.8 Å². The Morgan fingerprint density at radius 2 is 1.56 bits per heavy atom. The van der Waals surface area contributed by atoms with Crippen molar-refractivity contribution in [2.75, 3.05) is 0 Å². The van der Waals surface area contributed by atoms with Gasteiger partial charge in [0.05, 0.1) is 13.1 Å². The molecule has 1 rings (SSSR count). The SMILES string of the molecule is NCc1nnc(CN)o1. The molecule has 0 aliphatic heterocycles. The van der Waals surface area contributed by atoms with Crippen molar-refractivity contribution in [3.05, 3.63) is 11.8 Å². The summed E-state index contributed by atoms with van der Waals surface area (Å²) in [6.07, 6.45) is 0. The Morgan fingerprint density at radius 3 is 1.78 bits per heavy atom. The Kier molecular flexibility index (Phi) is 1.76. The normalized spacial score (nSPS) is 10.0. The maximum absolute atomic E-state index is 5.18. The second-order valence-electron chi connectivity index (χ2n) is 1.50. The van der Waals surface area contributed by atoms with E-state index in [0.29, 0.717) is 11.8 Å². The van der Waals surface area contributed by atoms with Gasteiger partial charge in [0, 0.05) is 0 Å². The molecule has 5 heteroatoms.